The van der Waals surface area contributed by atoms with Gasteiger partial charge in [-0.25, -0.2) is 4.98 Å². The van der Waals surface area contributed by atoms with E-state index in [2.05, 4.69) is 24.1 Å². The lowest BCUT2D eigenvalue weighted by Gasteiger charge is -2.28. The van der Waals surface area contributed by atoms with Gasteiger partial charge in [-0.3, -0.25) is 0 Å². The average molecular weight is 233 g/mol. The summed E-state index contributed by atoms with van der Waals surface area (Å²) in [6.07, 6.45) is 1.22. The van der Waals surface area contributed by atoms with Crippen LogP contribution in [0, 0.1) is 0 Å². The Morgan fingerprint density at radius 2 is 2.57 bits per heavy atom. The zero-order valence-electron chi connectivity index (χ0n) is 8.21. The van der Waals surface area contributed by atoms with Gasteiger partial charge in [0.05, 0.1) is 11.6 Å². The van der Waals surface area contributed by atoms with E-state index >= 15 is 0 Å². The van der Waals surface area contributed by atoms with Crippen LogP contribution < -0.4 is 5.32 Å². The number of ether oxygens (including phenoxy) is 1. The van der Waals surface area contributed by atoms with Gasteiger partial charge in [0.2, 0.25) is 0 Å². The van der Waals surface area contributed by atoms with Crippen molar-refractivity contribution in [2.45, 2.75) is 31.9 Å². The van der Waals surface area contributed by atoms with Gasteiger partial charge in [-0.2, -0.15) is 0 Å². The molecule has 2 rings (SSSR count). The molecule has 0 aromatic carbocycles. The van der Waals surface area contributed by atoms with Gasteiger partial charge in [0.25, 0.3) is 0 Å². The summed E-state index contributed by atoms with van der Waals surface area (Å²) in [6, 6.07) is 0. The van der Waals surface area contributed by atoms with Gasteiger partial charge in [-0.15, -0.1) is 11.3 Å². The molecule has 5 heteroatoms. The Bertz CT molecular complexity index is 330. The topological polar surface area (TPSA) is 34.1 Å². The molecule has 1 fully saturated rings. The van der Waals surface area contributed by atoms with E-state index in [1.54, 1.807) is 0 Å². The van der Waals surface area contributed by atoms with Gasteiger partial charge in [0, 0.05) is 12.0 Å². The van der Waals surface area contributed by atoms with Crippen molar-refractivity contribution in [1.82, 2.24) is 4.98 Å². The highest BCUT2D eigenvalue weighted by atomic mass is 35.5. The zero-order chi connectivity index (χ0) is 10.2. The fourth-order valence-electron chi connectivity index (χ4n) is 1.55. The van der Waals surface area contributed by atoms with Gasteiger partial charge in [0.1, 0.15) is 5.15 Å². The number of aromatic nitrogens is 1. The molecule has 2 atom stereocenters. The van der Waals surface area contributed by atoms with E-state index < -0.39 is 0 Å². The molecule has 14 heavy (non-hydrogen) atoms. The molecular weight excluding hydrogens is 220 g/mol. The summed E-state index contributed by atoms with van der Waals surface area (Å²) in [4.78, 5) is 4.17. The maximum absolute atomic E-state index is 5.76. The normalized spacial score (nSPS) is 32.1. The second-order valence-corrected chi connectivity index (χ2v) is 5.03. The average Bonchev–Trinajstić information content (AvgIpc) is 2.62. The molecule has 78 valence electrons. The van der Waals surface area contributed by atoms with Gasteiger partial charge >= 0.3 is 0 Å². The molecule has 2 unspecified atom stereocenters. The Balaban J connectivity index is 2.10. The number of hydrogen-bond donors (Lipinski definition) is 1. The molecule has 0 radical (unpaired) electrons. The van der Waals surface area contributed by atoms with E-state index in [9.17, 15) is 0 Å². The van der Waals surface area contributed by atoms with E-state index in [4.69, 9.17) is 16.3 Å². The summed E-state index contributed by atoms with van der Waals surface area (Å²) in [5.74, 6) is 0. The Morgan fingerprint density at radius 3 is 3.07 bits per heavy atom. The molecule has 0 amide bonds. The first-order valence-electron chi connectivity index (χ1n) is 4.61. The Labute approximate surface area is 92.4 Å². The first-order chi connectivity index (χ1) is 6.60. The number of halogens is 1. The number of hydrogen-bond acceptors (Lipinski definition) is 4. The van der Waals surface area contributed by atoms with Crippen LogP contribution in [0.2, 0.25) is 5.15 Å². The first-order valence-corrected chi connectivity index (χ1v) is 5.87. The smallest absolute Gasteiger partial charge is 0.184 e. The quantitative estimate of drug-likeness (QED) is 0.852. The summed E-state index contributed by atoms with van der Waals surface area (Å²) in [6.45, 7) is 5.04. The van der Waals surface area contributed by atoms with E-state index in [0.717, 1.165) is 18.2 Å². The van der Waals surface area contributed by atoms with Crippen molar-refractivity contribution in [3.63, 3.8) is 0 Å². The van der Waals surface area contributed by atoms with Crippen LogP contribution in [0.4, 0.5) is 5.13 Å². The summed E-state index contributed by atoms with van der Waals surface area (Å²) in [7, 11) is 0. The van der Waals surface area contributed by atoms with Crippen molar-refractivity contribution in [3.05, 3.63) is 10.5 Å². The summed E-state index contributed by atoms with van der Waals surface area (Å²) in [5.41, 5.74) is -0.0127. The number of nitrogens with zero attached hydrogens (tertiary/aromatic N) is 1. The number of thiazole rings is 1. The molecule has 0 bridgehead atoms. The molecule has 1 saturated heterocycles. The van der Waals surface area contributed by atoms with Crippen LogP contribution in [0.5, 0.6) is 0 Å². The van der Waals surface area contributed by atoms with Crippen molar-refractivity contribution in [2.24, 2.45) is 0 Å². The highest BCUT2D eigenvalue weighted by Crippen LogP contribution is 2.31. The van der Waals surface area contributed by atoms with Crippen molar-refractivity contribution < 1.29 is 4.74 Å². The van der Waals surface area contributed by atoms with Gasteiger partial charge < -0.3 is 10.1 Å². The van der Waals surface area contributed by atoms with Crippen LogP contribution in [-0.2, 0) is 4.74 Å². The second-order valence-electron chi connectivity index (χ2n) is 3.78. The third-order valence-corrected chi connectivity index (χ3v) is 3.84. The molecule has 0 saturated carbocycles. The highest BCUT2D eigenvalue weighted by Gasteiger charge is 2.37. The maximum atomic E-state index is 5.76. The lowest BCUT2D eigenvalue weighted by atomic mass is 9.95. The molecule has 1 aliphatic rings. The van der Waals surface area contributed by atoms with Crippen LogP contribution >= 0.6 is 22.9 Å². The molecule has 2 heterocycles. The minimum absolute atomic E-state index is 0.0127. The van der Waals surface area contributed by atoms with Crippen molar-refractivity contribution >= 4 is 28.1 Å². The molecule has 1 aromatic heterocycles. The lowest BCUT2D eigenvalue weighted by Crippen LogP contribution is -2.41. The third-order valence-electron chi connectivity index (χ3n) is 2.76. The first kappa shape index (κ1) is 10.2. The van der Waals surface area contributed by atoms with Crippen LogP contribution in [0.3, 0.4) is 0 Å². The molecule has 1 N–H and O–H groups in total. The molecule has 0 spiro atoms. The minimum atomic E-state index is -0.0127. The van der Waals surface area contributed by atoms with Gasteiger partial charge in [-0.1, -0.05) is 11.6 Å². The van der Waals surface area contributed by atoms with Crippen molar-refractivity contribution in [1.29, 1.82) is 0 Å². The largest absolute Gasteiger partial charge is 0.376 e. The number of rotatable bonds is 2. The van der Waals surface area contributed by atoms with Crippen molar-refractivity contribution in [3.8, 4) is 0 Å². The lowest BCUT2D eigenvalue weighted by molar-refractivity contribution is 0.105. The SMILES string of the molecule is CC1OCCC1(C)Nc1nc(Cl)cs1. The Kier molecular flexibility index (Phi) is 2.68. The van der Waals surface area contributed by atoms with Crippen LogP contribution in [0.25, 0.3) is 0 Å². The van der Waals surface area contributed by atoms with E-state index in [1.165, 1.54) is 11.3 Å². The molecule has 0 aliphatic carbocycles. The molecule has 3 nitrogen and oxygen atoms in total. The molecular formula is C9H13ClN2OS. The summed E-state index contributed by atoms with van der Waals surface area (Å²) >= 11 is 7.28. The fourth-order valence-corrected chi connectivity index (χ4v) is 2.53. The van der Waals surface area contributed by atoms with Gasteiger partial charge in [-0.05, 0) is 20.3 Å². The van der Waals surface area contributed by atoms with E-state index in [1.807, 2.05) is 5.38 Å². The van der Waals surface area contributed by atoms with Gasteiger partial charge in [0.15, 0.2) is 5.13 Å². The fraction of sp³-hybridized carbons (Fsp3) is 0.667. The number of anilines is 1. The van der Waals surface area contributed by atoms with Crippen molar-refractivity contribution in [2.75, 3.05) is 11.9 Å². The van der Waals surface area contributed by atoms with E-state index in [0.29, 0.717) is 5.15 Å². The maximum Gasteiger partial charge on any atom is 0.184 e. The summed E-state index contributed by atoms with van der Waals surface area (Å²) in [5, 5.41) is 6.63. The Morgan fingerprint density at radius 1 is 1.79 bits per heavy atom. The predicted octanol–water partition coefficient (Wildman–Crippen LogP) is 2.78. The van der Waals surface area contributed by atoms with Crippen LogP contribution in [0.1, 0.15) is 20.3 Å². The predicted molar refractivity (Wildman–Crippen MR) is 59.2 cm³/mol. The third kappa shape index (κ3) is 1.87. The van der Waals surface area contributed by atoms with Crippen LogP contribution in [-0.4, -0.2) is 23.2 Å². The standard InChI is InChI=1S/C9H13ClN2OS/c1-6-9(2,3-4-13-6)12-8-11-7(10)5-14-8/h5-6H,3-4H2,1-2H3,(H,11,12). The molecule has 1 aliphatic heterocycles. The zero-order valence-corrected chi connectivity index (χ0v) is 9.78. The Hall–Kier alpha value is -0.320. The molecule has 1 aromatic rings. The van der Waals surface area contributed by atoms with E-state index in [-0.39, 0.29) is 11.6 Å². The monoisotopic (exact) mass is 232 g/mol. The summed E-state index contributed by atoms with van der Waals surface area (Å²) < 4.78 is 5.53. The minimum Gasteiger partial charge on any atom is -0.376 e. The number of nitrogens with one attached hydrogen (secondary N) is 1. The van der Waals surface area contributed by atoms with Crippen LogP contribution in [0.15, 0.2) is 5.38 Å². The second kappa shape index (κ2) is 3.68. The highest BCUT2D eigenvalue weighted by molar-refractivity contribution is 7.14.